The van der Waals surface area contributed by atoms with Crippen LogP contribution in [-0.2, 0) is 26.7 Å². The molecule has 1 heterocycles. The number of aliphatic hydroxyl groups is 1. The van der Waals surface area contributed by atoms with Crippen molar-refractivity contribution >= 4 is 15.8 Å². The SMILES string of the molecule is Cc1oc(S(N)(=O)=NC(=O)Cc2c(C(C)C)cc(F)cc2C(C)C)cc1C(C)(C)O. The number of aryl methyl sites for hydroxylation is 1. The predicted molar refractivity (Wildman–Crippen MR) is 115 cm³/mol. The molecule has 1 amide bonds. The first-order valence-electron chi connectivity index (χ1n) is 9.86. The van der Waals surface area contributed by atoms with Crippen molar-refractivity contribution in [3.8, 4) is 0 Å². The molecule has 0 saturated carbocycles. The summed E-state index contributed by atoms with van der Waals surface area (Å²) < 4.78 is 36.2. The maximum absolute atomic E-state index is 14.1. The summed E-state index contributed by atoms with van der Waals surface area (Å²) in [6, 6.07) is 4.21. The molecule has 2 aromatic rings. The van der Waals surface area contributed by atoms with Crippen molar-refractivity contribution < 1.29 is 22.9 Å². The third kappa shape index (κ3) is 5.36. The maximum Gasteiger partial charge on any atom is 0.259 e. The summed E-state index contributed by atoms with van der Waals surface area (Å²) in [4.78, 5) is 12.7. The van der Waals surface area contributed by atoms with Crippen LogP contribution in [0.4, 0.5) is 4.39 Å². The summed E-state index contributed by atoms with van der Waals surface area (Å²) in [6.07, 6.45) is -0.145. The molecular formula is C22H31FN2O4S. The Balaban J connectivity index is 2.48. The van der Waals surface area contributed by atoms with Gasteiger partial charge in [-0.1, -0.05) is 27.7 Å². The molecule has 30 heavy (non-hydrogen) atoms. The topological polar surface area (TPSA) is 106 Å². The van der Waals surface area contributed by atoms with E-state index in [9.17, 15) is 18.5 Å². The molecule has 0 fully saturated rings. The molecule has 1 aromatic heterocycles. The molecule has 0 aliphatic rings. The van der Waals surface area contributed by atoms with Gasteiger partial charge in [-0.25, -0.2) is 13.7 Å². The van der Waals surface area contributed by atoms with Gasteiger partial charge in [0.05, 0.1) is 12.0 Å². The van der Waals surface area contributed by atoms with Crippen LogP contribution >= 0.6 is 0 Å². The lowest BCUT2D eigenvalue weighted by molar-refractivity contribution is -0.117. The fourth-order valence-electron chi connectivity index (χ4n) is 3.50. The fraction of sp³-hybridized carbons (Fsp3) is 0.500. The molecule has 0 saturated heterocycles. The summed E-state index contributed by atoms with van der Waals surface area (Å²) in [6.45, 7) is 12.4. The summed E-state index contributed by atoms with van der Waals surface area (Å²) in [7, 11) is -3.64. The van der Waals surface area contributed by atoms with Crippen LogP contribution in [0.2, 0.25) is 0 Å². The maximum atomic E-state index is 14.1. The van der Waals surface area contributed by atoms with Crippen LogP contribution in [0.1, 0.15) is 81.4 Å². The summed E-state index contributed by atoms with van der Waals surface area (Å²) >= 11 is 0. The van der Waals surface area contributed by atoms with Crippen molar-refractivity contribution in [2.24, 2.45) is 9.50 Å². The summed E-state index contributed by atoms with van der Waals surface area (Å²) in [5, 5.41) is 15.9. The largest absolute Gasteiger partial charge is 0.450 e. The van der Waals surface area contributed by atoms with E-state index in [1.807, 2.05) is 27.7 Å². The Hall–Kier alpha value is -2.03. The van der Waals surface area contributed by atoms with Crippen LogP contribution in [0.3, 0.4) is 0 Å². The Labute approximate surface area is 178 Å². The molecule has 0 aliphatic heterocycles. The molecule has 0 aliphatic carbocycles. The lowest BCUT2D eigenvalue weighted by Crippen LogP contribution is -2.17. The second-order valence-electron chi connectivity index (χ2n) is 8.70. The van der Waals surface area contributed by atoms with E-state index in [0.29, 0.717) is 28.0 Å². The highest BCUT2D eigenvalue weighted by Gasteiger charge is 2.26. The molecule has 1 atom stereocenters. The number of amides is 1. The first kappa shape index (κ1) is 24.2. The standard InChI is InChI=1S/C22H31FN2O4S/c1-12(2)16-8-15(23)9-17(13(3)4)18(16)10-20(26)25-30(24,28)21-11-19(14(5)29-21)22(6,7)27/h8-9,11-13,27H,10H2,1-7H3,(H2,24,25,26,28). The number of halogens is 1. The van der Waals surface area contributed by atoms with E-state index < -0.39 is 21.4 Å². The van der Waals surface area contributed by atoms with Gasteiger partial charge in [-0.3, -0.25) is 4.79 Å². The van der Waals surface area contributed by atoms with Gasteiger partial charge in [-0.15, -0.1) is 4.36 Å². The van der Waals surface area contributed by atoms with Gasteiger partial charge in [0.1, 0.15) is 11.6 Å². The number of nitrogens with zero attached hydrogens (tertiary/aromatic N) is 1. The normalized spacial score (nSPS) is 14.3. The van der Waals surface area contributed by atoms with E-state index in [2.05, 4.69) is 4.36 Å². The van der Waals surface area contributed by atoms with Gasteiger partial charge in [0.15, 0.2) is 9.92 Å². The third-order valence-electron chi connectivity index (χ3n) is 4.94. The van der Waals surface area contributed by atoms with Gasteiger partial charge in [0, 0.05) is 11.6 Å². The average Bonchev–Trinajstić information content (AvgIpc) is 2.98. The number of nitrogens with two attached hydrogens (primary N) is 1. The highest BCUT2D eigenvalue weighted by Crippen LogP contribution is 2.31. The van der Waals surface area contributed by atoms with Gasteiger partial charge < -0.3 is 9.52 Å². The zero-order chi connectivity index (χ0) is 23.0. The second kappa shape index (κ2) is 8.61. The lowest BCUT2D eigenvalue weighted by Gasteiger charge is -2.19. The van der Waals surface area contributed by atoms with Crippen LogP contribution in [0.15, 0.2) is 32.1 Å². The highest BCUT2D eigenvalue weighted by molar-refractivity contribution is 7.91. The quantitative estimate of drug-likeness (QED) is 0.683. The van der Waals surface area contributed by atoms with Crippen molar-refractivity contribution in [2.75, 3.05) is 0 Å². The highest BCUT2D eigenvalue weighted by atomic mass is 32.2. The van der Waals surface area contributed by atoms with Gasteiger partial charge in [0.25, 0.3) is 5.91 Å². The van der Waals surface area contributed by atoms with E-state index >= 15 is 0 Å². The number of carbonyl (C=O) groups excluding carboxylic acids is 1. The monoisotopic (exact) mass is 438 g/mol. The first-order chi connectivity index (χ1) is 13.6. The Bertz CT molecular complexity index is 1040. The number of hydrogen-bond acceptors (Lipinski definition) is 4. The van der Waals surface area contributed by atoms with Gasteiger partial charge in [-0.05, 0) is 61.4 Å². The van der Waals surface area contributed by atoms with E-state index in [-0.39, 0.29) is 29.2 Å². The van der Waals surface area contributed by atoms with Crippen molar-refractivity contribution in [2.45, 2.75) is 77.4 Å². The smallest absolute Gasteiger partial charge is 0.259 e. The minimum atomic E-state index is -3.64. The number of hydrogen-bond donors (Lipinski definition) is 2. The number of furan rings is 1. The zero-order valence-corrected chi connectivity index (χ0v) is 19.4. The Morgan fingerprint density at radius 1 is 1.20 bits per heavy atom. The van der Waals surface area contributed by atoms with E-state index in [0.717, 1.165) is 0 Å². The minimum absolute atomic E-state index is 0.00898. The van der Waals surface area contributed by atoms with Crippen LogP contribution < -0.4 is 5.14 Å². The Morgan fingerprint density at radius 2 is 1.70 bits per heavy atom. The molecule has 166 valence electrons. The summed E-state index contributed by atoms with van der Waals surface area (Å²) in [5.41, 5.74) is 1.30. The molecular weight excluding hydrogens is 407 g/mol. The molecule has 1 aromatic carbocycles. The average molecular weight is 439 g/mol. The zero-order valence-electron chi connectivity index (χ0n) is 18.6. The molecule has 0 spiro atoms. The first-order valence-corrected chi connectivity index (χ1v) is 11.4. The Morgan fingerprint density at radius 3 is 2.10 bits per heavy atom. The van der Waals surface area contributed by atoms with Crippen molar-refractivity contribution in [1.82, 2.24) is 0 Å². The van der Waals surface area contributed by atoms with Crippen molar-refractivity contribution in [1.29, 1.82) is 0 Å². The van der Waals surface area contributed by atoms with Gasteiger partial charge in [0.2, 0.25) is 5.09 Å². The molecule has 3 N–H and O–H groups in total. The fourth-order valence-corrected chi connectivity index (χ4v) is 4.49. The number of carbonyl (C=O) groups is 1. The Kier molecular flexibility index (Phi) is 6.96. The van der Waals surface area contributed by atoms with Crippen LogP contribution in [0.25, 0.3) is 0 Å². The molecule has 1 unspecified atom stereocenters. The minimum Gasteiger partial charge on any atom is -0.450 e. The number of rotatable bonds is 6. The van der Waals surface area contributed by atoms with E-state index in [1.54, 1.807) is 20.8 Å². The molecule has 0 bridgehead atoms. The molecule has 0 radical (unpaired) electrons. The van der Waals surface area contributed by atoms with Crippen molar-refractivity contribution in [3.05, 3.63) is 52.0 Å². The molecule has 6 nitrogen and oxygen atoms in total. The summed E-state index contributed by atoms with van der Waals surface area (Å²) in [5.74, 6) is -0.711. The van der Waals surface area contributed by atoms with Crippen LogP contribution in [0, 0.1) is 12.7 Å². The van der Waals surface area contributed by atoms with E-state index in [4.69, 9.17) is 9.56 Å². The molecule has 8 heteroatoms. The van der Waals surface area contributed by atoms with Gasteiger partial charge in [-0.2, -0.15) is 0 Å². The second-order valence-corrected chi connectivity index (χ2v) is 10.4. The van der Waals surface area contributed by atoms with Crippen LogP contribution in [-0.4, -0.2) is 15.2 Å². The van der Waals surface area contributed by atoms with E-state index in [1.165, 1.54) is 18.2 Å². The van der Waals surface area contributed by atoms with Gasteiger partial charge >= 0.3 is 0 Å². The van der Waals surface area contributed by atoms with Crippen molar-refractivity contribution in [3.63, 3.8) is 0 Å². The third-order valence-corrected chi connectivity index (χ3v) is 6.19. The predicted octanol–water partition coefficient (Wildman–Crippen LogP) is 4.67. The lowest BCUT2D eigenvalue weighted by atomic mass is 9.87. The van der Waals surface area contributed by atoms with Crippen LogP contribution in [0.5, 0.6) is 0 Å². The number of benzene rings is 1. The molecule has 2 rings (SSSR count).